The lowest BCUT2D eigenvalue weighted by Crippen LogP contribution is -2.25. The number of nitrogens with one attached hydrogen (secondary N) is 1. The first-order valence-corrected chi connectivity index (χ1v) is 8.89. The largest absolute Gasteiger partial charge is 0.497 e. The molecule has 0 radical (unpaired) electrons. The number of carbonyl (C=O) groups is 1. The van der Waals surface area contributed by atoms with Gasteiger partial charge in [0, 0.05) is 33.9 Å². The van der Waals surface area contributed by atoms with Crippen molar-refractivity contribution in [2.45, 2.75) is 13.0 Å². The van der Waals surface area contributed by atoms with Crippen LogP contribution in [0.15, 0.2) is 46.9 Å². The van der Waals surface area contributed by atoms with Crippen LogP contribution in [-0.4, -0.2) is 40.3 Å². The summed E-state index contributed by atoms with van der Waals surface area (Å²) in [5.74, 6) is 1.32. The van der Waals surface area contributed by atoms with Gasteiger partial charge in [0.05, 0.1) is 14.2 Å². The van der Waals surface area contributed by atoms with Crippen molar-refractivity contribution in [3.8, 4) is 22.9 Å². The van der Waals surface area contributed by atoms with Crippen LogP contribution in [-0.2, 0) is 4.79 Å². The molecule has 8 nitrogen and oxygen atoms in total. The number of hydrogen-bond acceptors (Lipinski definition) is 6. The molecular weight excluding hydrogens is 414 g/mol. The fraction of sp³-hybridized carbons (Fsp3) is 0.222. The highest BCUT2D eigenvalue weighted by molar-refractivity contribution is 9.10. The molecule has 0 bridgehead atoms. The molecular formula is C18H18BrN5O3. The second-order valence-electron chi connectivity index (χ2n) is 5.71. The van der Waals surface area contributed by atoms with E-state index in [1.165, 1.54) is 4.80 Å². The van der Waals surface area contributed by atoms with Crippen molar-refractivity contribution in [2.24, 2.45) is 0 Å². The van der Waals surface area contributed by atoms with Gasteiger partial charge in [0.15, 0.2) is 0 Å². The molecule has 0 aliphatic rings. The molecule has 1 unspecified atom stereocenters. The van der Waals surface area contributed by atoms with Crippen molar-refractivity contribution in [1.29, 1.82) is 0 Å². The molecule has 1 heterocycles. The van der Waals surface area contributed by atoms with E-state index in [-0.39, 0.29) is 5.91 Å². The molecule has 1 amide bonds. The average molecular weight is 432 g/mol. The van der Waals surface area contributed by atoms with Crippen LogP contribution in [0.25, 0.3) is 11.4 Å². The Morgan fingerprint density at radius 1 is 1.11 bits per heavy atom. The molecule has 0 fully saturated rings. The third-order valence-electron chi connectivity index (χ3n) is 3.88. The predicted molar refractivity (Wildman–Crippen MR) is 104 cm³/mol. The highest BCUT2D eigenvalue weighted by Gasteiger charge is 2.19. The summed E-state index contributed by atoms with van der Waals surface area (Å²) in [6.45, 7) is 1.69. The van der Waals surface area contributed by atoms with Crippen molar-refractivity contribution < 1.29 is 14.3 Å². The van der Waals surface area contributed by atoms with Gasteiger partial charge >= 0.3 is 0 Å². The van der Waals surface area contributed by atoms with Gasteiger partial charge in [-0.05, 0) is 36.4 Å². The molecule has 0 spiro atoms. The lowest BCUT2D eigenvalue weighted by Gasteiger charge is -2.13. The number of aromatic nitrogens is 4. The third kappa shape index (κ3) is 4.43. The van der Waals surface area contributed by atoms with Crippen molar-refractivity contribution in [3.63, 3.8) is 0 Å². The Morgan fingerprint density at radius 3 is 2.33 bits per heavy atom. The fourth-order valence-electron chi connectivity index (χ4n) is 2.33. The molecule has 1 aromatic heterocycles. The van der Waals surface area contributed by atoms with E-state index in [2.05, 4.69) is 36.7 Å². The maximum Gasteiger partial charge on any atom is 0.250 e. The zero-order valence-electron chi connectivity index (χ0n) is 15.0. The molecule has 3 rings (SSSR count). The highest BCUT2D eigenvalue weighted by Crippen LogP contribution is 2.26. The van der Waals surface area contributed by atoms with Gasteiger partial charge in [-0.15, -0.1) is 10.2 Å². The van der Waals surface area contributed by atoms with Gasteiger partial charge < -0.3 is 14.8 Å². The van der Waals surface area contributed by atoms with E-state index < -0.39 is 6.04 Å². The van der Waals surface area contributed by atoms with E-state index >= 15 is 0 Å². The van der Waals surface area contributed by atoms with Gasteiger partial charge in [0.1, 0.15) is 17.5 Å². The number of benzene rings is 2. The number of amides is 1. The first-order chi connectivity index (χ1) is 13.0. The fourth-order valence-corrected chi connectivity index (χ4v) is 2.60. The first-order valence-electron chi connectivity index (χ1n) is 8.09. The third-order valence-corrected chi connectivity index (χ3v) is 4.40. The number of hydrogen-bond donors (Lipinski definition) is 1. The lowest BCUT2D eigenvalue weighted by atomic mass is 10.2. The number of halogens is 1. The zero-order valence-corrected chi connectivity index (χ0v) is 16.6. The highest BCUT2D eigenvalue weighted by atomic mass is 79.9. The molecule has 0 aliphatic heterocycles. The van der Waals surface area contributed by atoms with Gasteiger partial charge in [-0.25, -0.2) is 0 Å². The molecule has 3 aromatic rings. The summed E-state index contributed by atoms with van der Waals surface area (Å²) in [4.78, 5) is 13.9. The van der Waals surface area contributed by atoms with E-state index in [4.69, 9.17) is 9.47 Å². The van der Waals surface area contributed by atoms with Crippen LogP contribution in [0.5, 0.6) is 11.5 Å². The summed E-state index contributed by atoms with van der Waals surface area (Å²) in [7, 11) is 3.10. The molecule has 1 atom stereocenters. The molecule has 0 saturated carbocycles. The molecule has 1 N–H and O–H groups in total. The molecule has 0 saturated heterocycles. The molecule has 9 heteroatoms. The minimum Gasteiger partial charge on any atom is -0.497 e. The van der Waals surface area contributed by atoms with E-state index in [0.29, 0.717) is 23.0 Å². The van der Waals surface area contributed by atoms with Crippen LogP contribution in [0, 0.1) is 0 Å². The van der Waals surface area contributed by atoms with Crippen LogP contribution >= 0.6 is 15.9 Å². The minimum absolute atomic E-state index is 0.287. The van der Waals surface area contributed by atoms with Crippen molar-refractivity contribution >= 4 is 27.5 Å². The maximum atomic E-state index is 12.6. The summed E-state index contributed by atoms with van der Waals surface area (Å²) in [5, 5.41) is 15.1. The topological polar surface area (TPSA) is 91.2 Å². The second kappa shape index (κ2) is 8.17. The van der Waals surface area contributed by atoms with Crippen LogP contribution in [0.3, 0.4) is 0 Å². The zero-order chi connectivity index (χ0) is 19.4. The van der Waals surface area contributed by atoms with Gasteiger partial charge in [-0.2, -0.15) is 4.80 Å². The lowest BCUT2D eigenvalue weighted by molar-refractivity contribution is -0.119. The average Bonchev–Trinajstić information content (AvgIpc) is 3.17. The quantitative estimate of drug-likeness (QED) is 0.643. The Balaban J connectivity index is 1.75. The Bertz CT molecular complexity index is 920. The van der Waals surface area contributed by atoms with Gasteiger partial charge in [0.25, 0.3) is 5.91 Å². The molecule has 2 aromatic carbocycles. The van der Waals surface area contributed by atoms with Crippen molar-refractivity contribution in [3.05, 3.63) is 46.9 Å². The number of methoxy groups -OCH3 is 2. The summed E-state index contributed by atoms with van der Waals surface area (Å²) < 4.78 is 11.4. The second-order valence-corrected chi connectivity index (χ2v) is 6.62. The normalized spacial score (nSPS) is 11.7. The number of anilines is 1. The molecule has 0 aliphatic carbocycles. The Labute approximate surface area is 164 Å². The number of ether oxygens (including phenoxy) is 2. The number of nitrogens with zero attached hydrogens (tertiary/aromatic N) is 4. The smallest absolute Gasteiger partial charge is 0.250 e. The van der Waals surface area contributed by atoms with E-state index in [1.54, 1.807) is 39.3 Å². The standard InChI is InChI=1S/C18H18BrN5O3/c1-11(18(25)20-14-8-15(26-2)10-16(9-14)27-3)24-22-17(21-23-24)12-4-6-13(19)7-5-12/h4-11H,1-3H3,(H,20,25). The van der Waals surface area contributed by atoms with Crippen LogP contribution < -0.4 is 14.8 Å². The summed E-state index contributed by atoms with van der Waals surface area (Å²) in [6, 6.07) is 12.0. The van der Waals surface area contributed by atoms with Gasteiger partial charge in [0.2, 0.25) is 5.82 Å². The number of carbonyl (C=O) groups excluding carboxylic acids is 1. The first kappa shape index (κ1) is 18.8. The summed E-state index contributed by atoms with van der Waals surface area (Å²) in [6.07, 6.45) is 0. The molecule has 140 valence electrons. The Kier molecular flexibility index (Phi) is 5.70. The summed E-state index contributed by atoms with van der Waals surface area (Å²) >= 11 is 3.39. The van der Waals surface area contributed by atoms with Crippen molar-refractivity contribution in [1.82, 2.24) is 20.2 Å². The minimum atomic E-state index is -0.654. The SMILES string of the molecule is COc1cc(NC(=O)C(C)n2nnc(-c3ccc(Br)cc3)n2)cc(OC)c1. The van der Waals surface area contributed by atoms with Crippen LogP contribution in [0.1, 0.15) is 13.0 Å². The van der Waals surface area contributed by atoms with Crippen LogP contribution in [0.4, 0.5) is 5.69 Å². The number of tetrazole rings is 1. The Hall–Kier alpha value is -2.94. The van der Waals surface area contributed by atoms with Gasteiger partial charge in [-0.1, -0.05) is 15.9 Å². The van der Waals surface area contributed by atoms with Crippen LogP contribution in [0.2, 0.25) is 0 Å². The van der Waals surface area contributed by atoms with E-state index in [9.17, 15) is 4.79 Å². The van der Waals surface area contributed by atoms with Crippen molar-refractivity contribution in [2.75, 3.05) is 19.5 Å². The van der Waals surface area contributed by atoms with E-state index in [0.717, 1.165) is 10.0 Å². The Morgan fingerprint density at radius 2 is 1.74 bits per heavy atom. The monoisotopic (exact) mass is 431 g/mol. The van der Waals surface area contributed by atoms with E-state index in [1.807, 2.05) is 24.3 Å². The predicted octanol–water partition coefficient (Wildman–Crippen LogP) is 3.32. The molecule has 27 heavy (non-hydrogen) atoms. The summed E-state index contributed by atoms with van der Waals surface area (Å²) in [5.41, 5.74) is 1.37. The maximum absolute atomic E-state index is 12.6. The van der Waals surface area contributed by atoms with Gasteiger partial charge in [-0.3, -0.25) is 4.79 Å². The number of rotatable bonds is 6.